The molecule has 0 spiro atoms. The lowest BCUT2D eigenvalue weighted by molar-refractivity contribution is -0.147. The summed E-state index contributed by atoms with van der Waals surface area (Å²) in [7, 11) is 0. The van der Waals surface area contributed by atoms with E-state index in [1.165, 1.54) is 0 Å². The molecular formula is C19H26N2O4S. The normalized spacial score (nSPS) is 19.5. The highest BCUT2D eigenvalue weighted by atomic mass is 32.2. The number of hydrogen-bond donors (Lipinski definition) is 2. The summed E-state index contributed by atoms with van der Waals surface area (Å²) in [6, 6.07) is 6.45. The van der Waals surface area contributed by atoms with Gasteiger partial charge in [0.05, 0.1) is 12.6 Å². The van der Waals surface area contributed by atoms with E-state index >= 15 is 0 Å². The number of thioether (sulfide) groups is 1. The van der Waals surface area contributed by atoms with E-state index in [9.17, 15) is 9.59 Å². The van der Waals surface area contributed by atoms with Crippen molar-refractivity contribution in [1.82, 2.24) is 10.6 Å². The van der Waals surface area contributed by atoms with Crippen LogP contribution in [0.3, 0.4) is 0 Å². The number of amides is 2. The van der Waals surface area contributed by atoms with Gasteiger partial charge in [-0.25, -0.2) is 4.79 Å². The lowest BCUT2D eigenvalue weighted by Crippen LogP contribution is -2.51. The van der Waals surface area contributed by atoms with Crippen LogP contribution in [0, 0.1) is 5.92 Å². The first kappa shape index (κ1) is 20.2. The lowest BCUT2D eigenvalue weighted by Gasteiger charge is -2.34. The second-order valence-corrected chi connectivity index (χ2v) is 6.96. The summed E-state index contributed by atoms with van der Waals surface area (Å²) < 4.78 is 11.2. The van der Waals surface area contributed by atoms with Crippen molar-refractivity contribution in [3.8, 4) is 5.75 Å². The number of benzene rings is 1. The molecule has 2 N–H and O–H groups in total. The Kier molecular flexibility index (Phi) is 7.84. The average molecular weight is 378 g/mol. The van der Waals surface area contributed by atoms with Crippen molar-refractivity contribution in [2.45, 2.75) is 25.8 Å². The largest absolute Gasteiger partial charge is 0.493 e. The summed E-state index contributed by atoms with van der Waals surface area (Å²) >= 11 is 1.60. The number of carbonyl (C=O) groups is 2. The van der Waals surface area contributed by atoms with Gasteiger partial charge < -0.3 is 20.1 Å². The van der Waals surface area contributed by atoms with E-state index in [1.54, 1.807) is 11.8 Å². The SMILES string of the molecule is C=C1NC(=O)N[C@@H](c2ccccc2OCCCC)[C@@H]1C(=O)OCCSC. The predicted octanol–water partition coefficient (Wildman–Crippen LogP) is 3.26. The molecule has 7 heteroatoms. The molecule has 1 aliphatic rings. The molecule has 1 fully saturated rings. The molecule has 2 atom stereocenters. The molecule has 1 aromatic rings. The fourth-order valence-corrected chi connectivity index (χ4v) is 2.98. The van der Waals surface area contributed by atoms with Crippen LogP contribution in [0.5, 0.6) is 5.75 Å². The molecule has 1 aromatic carbocycles. The molecule has 1 saturated heterocycles. The van der Waals surface area contributed by atoms with Crippen molar-refractivity contribution in [3.63, 3.8) is 0 Å². The number of nitrogens with one attached hydrogen (secondary N) is 2. The van der Waals surface area contributed by atoms with E-state index in [4.69, 9.17) is 9.47 Å². The van der Waals surface area contributed by atoms with Gasteiger partial charge in [-0.3, -0.25) is 4.79 Å². The van der Waals surface area contributed by atoms with Crippen LogP contribution in [0.2, 0.25) is 0 Å². The Balaban J connectivity index is 2.26. The quantitative estimate of drug-likeness (QED) is 0.509. The smallest absolute Gasteiger partial charge is 0.319 e. The number of ether oxygens (including phenoxy) is 2. The molecular weight excluding hydrogens is 352 g/mol. The Morgan fingerprint density at radius 3 is 2.81 bits per heavy atom. The monoisotopic (exact) mass is 378 g/mol. The Hall–Kier alpha value is -2.15. The second kappa shape index (κ2) is 10.1. The fraction of sp³-hybridized carbons (Fsp3) is 0.474. The van der Waals surface area contributed by atoms with Gasteiger partial charge in [-0.2, -0.15) is 11.8 Å². The van der Waals surface area contributed by atoms with Gasteiger partial charge >= 0.3 is 12.0 Å². The third-order valence-corrected chi connectivity index (χ3v) is 4.64. The number of carbonyl (C=O) groups excluding carboxylic acids is 2. The van der Waals surface area contributed by atoms with Crippen LogP contribution in [0.1, 0.15) is 31.4 Å². The number of rotatable bonds is 9. The van der Waals surface area contributed by atoms with Gasteiger partial charge in [-0.05, 0) is 18.7 Å². The maximum atomic E-state index is 12.6. The topological polar surface area (TPSA) is 76.7 Å². The summed E-state index contributed by atoms with van der Waals surface area (Å²) in [6.07, 6.45) is 3.90. The van der Waals surface area contributed by atoms with Crippen LogP contribution in [0.25, 0.3) is 0 Å². The summed E-state index contributed by atoms with van der Waals surface area (Å²) in [4.78, 5) is 24.6. The Labute approximate surface area is 158 Å². The minimum absolute atomic E-state index is 0.319. The minimum atomic E-state index is -0.717. The second-order valence-electron chi connectivity index (χ2n) is 5.98. The van der Waals surface area contributed by atoms with Crippen LogP contribution >= 0.6 is 11.8 Å². The van der Waals surface area contributed by atoms with E-state index in [0.29, 0.717) is 30.4 Å². The van der Waals surface area contributed by atoms with Crippen LogP contribution in [0.4, 0.5) is 4.79 Å². The molecule has 0 aliphatic carbocycles. The van der Waals surface area contributed by atoms with Gasteiger partial charge in [0.25, 0.3) is 0 Å². The molecule has 1 heterocycles. The zero-order chi connectivity index (χ0) is 18.9. The molecule has 2 amide bonds. The molecule has 0 aromatic heterocycles. The van der Waals surface area contributed by atoms with Gasteiger partial charge in [-0.1, -0.05) is 38.1 Å². The van der Waals surface area contributed by atoms with Crippen molar-refractivity contribution in [2.75, 3.05) is 25.2 Å². The highest BCUT2D eigenvalue weighted by Gasteiger charge is 2.40. The van der Waals surface area contributed by atoms with Crippen LogP contribution in [0.15, 0.2) is 36.5 Å². The molecule has 1 aliphatic heterocycles. The molecule has 142 valence electrons. The number of para-hydroxylation sites is 1. The van der Waals surface area contributed by atoms with Crippen molar-refractivity contribution in [1.29, 1.82) is 0 Å². The molecule has 0 bridgehead atoms. The van der Waals surface area contributed by atoms with Crippen LogP contribution < -0.4 is 15.4 Å². The molecule has 26 heavy (non-hydrogen) atoms. The molecule has 2 rings (SSSR count). The zero-order valence-electron chi connectivity index (χ0n) is 15.2. The van der Waals surface area contributed by atoms with Crippen molar-refractivity contribution >= 4 is 23.8 Å². The predicted molar refractivity (Wildman–Crippen MR) is 103 cm³/mol. The highest BCUT2D eigenvalue weighted by Crippen LogP contribution is 2.35. The zero-order valence-corrected chi connectivity index (χ0v) is 16.1. The van der Waals surface area contributed by atoms with E-state index in [2.05, 4.69) is 24.1 Å². The third-order valence-electron chi connectivity index (χ3n) is 4.06. The van der Waals surface area contributed by atoms with E-state index in [0.717, 1.165) is 18.4 Å². The number of urea groups is 1. The third kappa shape index (κ3) is 5.17. The number of unbranched alkanes of at least 4 members (excludes halogenated alkanes) is 1. The average Bonchev–Trinajstić information content (AvgIpc) is 2.62. The van der Waals surface area contributed by atoms with Crippen molar-refractivity contribution < 1.29 is 19.1 Å². The van der Waals surface area contributed by atoms with Crippen molar-refractivity contribution in [3.05, 3.63) is 42.1 Å². The van der Waals surface area contributed by atoms with Gasteiger partial charge in [-0.15, -0.1) is 0 Å². The van der Waals surface area contributed by atoms with Gasteiger partial charge in [0.1, 0.15) is 18.3 Å². The molecule has 6 nitrogen and oxygen atoms in total. The maximum Gasteiger partial charge on any atom is 0.319 e. The Morgan fingerprint density at radius 1 is 1.31 bits per heavy atom. The summed E-state index contributed by atoms with van der Waals surface area (Å²) in [5.74, 6) is 0.241. The van der Waals surface area contributed by atoms with Gasteiger partial charge in [0, 0.05) is 17.0 Å². The Morgan fingerprint density at radius 2 is 2.08 bits per heavy atom. The number of hydrogen-bond acceptors (Lipinski definition) is 5. The summed E-state index contributed by atoms with van der Waals surface area (Å²) in [5, 5.41) is 5.40. The first-order valence-electron chi connectivity index (χ1n) is 8.72. The van der Waals surface area contributed by atoms with Crippen molar-refractivity contribution in [2.24, 2.45) is 5.92 Å². The fourth-order valence-electron chi connectivity index (χ4n) is 2.73. The van der Waals surface area contributed by atoms with Crippen LogP contribution in [-0.2, 0) is 9.53 Å². The summed E-state index contributed by atoms with van der Waals surface area (Å²) in [5.41, 5.74) is 1.07. The van der Waals surface area contributed by atoms with E-state index < -0.39 is 24.0 Å². The Bertz CT molecular complexity index is 650. The molecule has 0 unspecified atom stereocenters. The summed E-state index contributed by atoms with van der Waals surface area (Å²) in [6.45, 7) is 6.85. The maximum absolute atomic E-state index is 12.6. The lowest BCUT2D eigenvalue weighted by atomic mass is 9.88. The minimum Gasteiger partial charge on any atom is -0.493 e. The van der Waals surface area contributed by atoms with Gasteiger partial charge in [0.15, 0.2) is 0 Å². The van der Waals surface area contributed by atoms with Crippen LogP contribution in [-0.4, -0.2) is 37.2 Å². The number of esters is 1. The standard InChI is InChI=1S/C19H26N2O4S/c1-4-5-10-24-15-9-7-6-8-14(15)17-16(13(2)20-19(23)21-17)18(22)25-11-12-26-3/h6-9,16-17H,2,4-5,10-12H2,1,3H3,(H2,20,21,23)/t16-,17+/m1/s1. The first-order chi connectivity index (χ1) is 12.6. The first-order valence-corrected chi connectivity index (χ1v) is 10.1. The highest BCUT2D eigenvalue weighted by molar-refractivity contribution is 7.98. The molecule has 0 radical (unpaired) electrons. The molecule has 0 saturated carbocycles. The van der Waals surface area contributed by atoms with E-state index in [-0.39, 0.29) is 0 Å². The van der Waals surface area contributed by atoms with Gasteiger partial charge in [0.2, 0.25) is 0 Å². The van der Waals surface area contributed by atoms with E-state index in [1.807, 2.05) is 30.5 Å².